The van der Waals surface area contributed by atoms with Gasteiger partial charge in [-0.2, -0.15) is 4.31 Å². The lowest BCUT2D eigenvalue weighted by atomic mass is 10.2. The number of benzene rings is 1. The number of thiazole rings is 1. The molecular weight excluding hydrogens is 422 g/mol. The van der Waals surface area contributed by atoms with Crippen LogP contribution in [-0.2, 0) is 16.4 Å². The molecule has 1 amide bonds. The number of hydrogen-bond donors (Lipinski definition) is 1. The Labute approximate surface area is 182 Å². The highest BCUT2D eigenvalue weighted by molar-refractivity contribution is 7.89. The molecule has 1 N–H and O–H groups in total. The van der Waals surface area contributed by atoms with E-state index in [4.69, 9.17) is 4.74 Å². The quantitative estimate of drug-likeness (QED) is 0.649. The highest BCUT2D eigenvalue weighted by Gasteiger charge is 2.29. The zero-order valence-electron chi connectivity index (χ0n) is 17.7. The van der Waals surface area contributed by atoms with Crippen LogP contribution in [0, 0.1) is 6.92 Å². The summed E-state index contributed by atoms with van der Waals surface area (Å²) >= 11 is 1.38. The van der Waals surface area contributed by atoms with Gasteiger partial charge in [0, 0.05) is 18.8 Å². The lowest BCUT2D eigenvalue weighted by Crippen LogP contribution is -2.35. The highest BCUT2D eigenvalue weighted by Crippen LogP contribution is 2.32. The van der Waals surface area contributed by atoms with E-state index in [9.17, 15) is 13.2 Å². The minimum atomic E-state index is -3.70. The highest BCUT2D eigenvalue weighted by atomic mass is 32.2. The molecular formula is C21H29N3O4S2. The van der Waals surface area contributed by atoms with Gasteiger partial charge in [-0.05, 0) is 57.7 Å². The fourth-order valence-corrected chi connectivity index (χ4v) is 6.21. The third-order valence-corrected chi connectivity index (χ3v) is 8.08. The first kappa shape index (κ1) is 22.7. The summed E-state index contributed by atoms with van der Waals surface area (Å²) < 4.78 is 33.6. The van der Waals surface area contributed by atoms with Crippen molar-refractivity contribution in [2.45, 2.75) is 57.8 Å². The van der Waals surface area contributed by atoms with Gasteiger partial charge in [0.15, 0.2) is 0 Å². The van der Waals surface area contributed by atoms with E-state index in [1.807, 2.05) is 13.8 Å². The van der Waals surface area contributed by atoms with Crippen molar-refractivity contribution in [2.75, 3.05) is 25.0 Å². The van der Waals surface area contributed by atoms with Gasteiger partial charge in [-0.3, -0.25) is 4.79 Å². The molecule has 1 fully saturated rings. The Balaban J connectivity index is 1.89. The second-order valence-corrected chi connectivity index (χ2v) is 10.3. The molecule has 0 atom stereocenters. The normalized spacial score (nSPS) is 15.2. The van der Waals surface area contributed by atoms with Crippen LogP contribution in [0.15, 0.2) is 23.1 Å². The van der Waals surface area contributed by atoms with Gasteiger partial charge in [0.1, 0.15) is 15.5 Å². The van der Waals surface area contributed by atoms with Crippen LogP contribution in [-0.4, -0.2) is 43.3 Å². The van der Waals surface area contributed by atoms with Crippen molar-refractivity contribution in [1.29, 1.82) is 0 Å². The number of nitrogens with zero attached hydrogens (tertiary/aromatic N) is 2. The molecule has 3 rings (SSSR count). The second kappa shape index (κ2) is 9.89. The van der Waals surface area contributed by atoms with Gasteiger partial charge in [0.25, 0.3) is 5.91 Å². The molecule has 1 saturated heterocycles. The molecule has 0 spiro atoms. The number of aromatic nitrogens is 1. The monoisotopic (exact) mass is 451 g/mol. The summed E-state index contributed by atoms with van der Waals surface area (Å²) in [6.07, 6.45) is 4.54. The number of ether oxygens (including phenoxy) is 1. The zero-order chi connectivity index (χ0) is 21.7. The van der Waals surface area contributed by atoms with E-state index in [0.717, 1.165) is 37.1 Å². The van der Waals surface area contributed by atoms with Crippen LogP contribution < -0.4 is 10.1 Å². The fourth-order valence-electron chi connectivity index (χ4n) is 3.48. The Hall–Kier alpha value is -1.97. The summed E-state index contributed by atoms with van der Waals surface area (Å²) in [5.41, 5.74) is 1.11. The van der Waals surface area contributed by atoms with E-state index < -0.39 is 10.0 Å². The maximum absolute atomic E-state index is 13.2. The van der Waals surface area contributed by atoms with Crippen molar-refractivity contribution in [3.63, 3.8) is 0 Å². The van der Waals surface area contributed by atoms with Gasteiger partial charge < -0.3 is 10.1 Å². The number of amides is 1. The minimum Gasteiger partial charge on any atom is -0.492 e. The zero-order valence-corrected chi connectivity index (χ0v) is 19.4. The third-order valence-electron chi connectivity index (χ3n) is 4.95. The topological polar surface area (TPSA) is 88.6 Å². The molecule has 9 heteroatoms. The SMILES string of the molecule is CCCc1nc(C)c(C(=O)Nc2ccc(OCC)c(S(=O)(=O)N3CCCCC3)c2)s1. The largest absolute Gasteiger partial charge is 0.492 e. The van der Waals surface area contributed by atoms with Crippen LogP contribution in [0.5, 0.6) is 5.75 Å². The third kappa shape index (κ3) is 5.01. The van der Waals surface area contributed by atoms with Crippen LogP contribution in [0.1, 0.15) is 59.9 Å². The predicted octanol–water partition coefficient (Wildman–Crippen LogP) is 4.23. The van der Waals surface area contributed by atoms with Gasteiger partial charge in [-0.1, -0.05) is 13.3 Å². The number of anilines is 1. The average Bonchev–Trinajstić information content (AvgIpc) is 3.10. The summed E-state index contributed by atoms with van der Waals surface area (Å²) in [5.74, 6) is 0.0260. The maximum Gasteiger partial charge on any atom is 0.267 e. The number of carbonyl (C=O) groups excluding carboxylic acids is 1. The first-order valence-corrected chi connectivity index (χ1v) is 12.7. The Morgan fingerprint density at radius 3 is 2.63 bits per heavy atom. The van der Waals surface area contributed by atoms with Crippen LogP contribution in [0.25, 0.3) is 0 Å². The van der Waals surface area contributed by atoms with Crippen molar-refractivity contribution >= 4 is 33.0 Å². The van der Waals surface area contributed by atoms with Crippen molar-refractivity contribution in [3.8, 4) is 5.75 Å². The molecule has 0 aliphatic carbocycles. The summed E-state index contributed by atoms with van der Waals surface area (Å²) in [6, 6.07) is 4.77. The van der Waals surface area contributed by atoms with Crippen LogP contribution in [0.3, 0.4) is 0 Å². The molecule has 164 valence electrons. The van der Waals surface area contributed by atoms with E-state index in [1.165, 1.54) is 21.7 Å². The molecule has 0 saturated carbocycles. The number of piperidine rings is 1. The van der Waals surface area contributed by atoms with Crippen molar-refractivity contribution in [2.24, 2.45) is 0 Å². The van der Waals surface area contributed by atoms with E-state index in [1.54, 1.807) is 12.1 Å². The smallest absolute Gasteiger partial charge is 0.267 e. The Morgan fingerprint density at radius 1 is 1.23 bits per heavy atom. The van der Waals surface area contributed by atoms with Gasteiger partial charge >= 0.3 is 0 Å². The van der Waals surface area contributed by atoms with Crippen LogP contribution in [0.2, 0.25) is 0 Å². The molecule has 2 heterocycles. The van der Waals surface area contributed by atoms with E-state index in [-0.39, 0.29) is 10.8 Å². The molecule has 7 nitrogen and oxygen atoms in total. The standard InChI is InChI=1S/C21H29N3O4S2/c1-4-9-19-22-15(3)20(29-19)21(25)23-16-10-11-17(28-5-2)18(14-16)30(26,27)24-12-7-6-8-13-24/h10-11,14H,4-9,12-13H2,1-3H3,(H,23,25). The van der Waals surface area contributed by atoms with E-state index >= 15 is 0 Å². The maximum atomic E-state index is 13.2. The second-order valence-electron chi connectivity index (χ2n) is 7.29. The Kier molecular flexibility index (Phi) is 7.49. The number of aryl methyl sites for hydroxylation is 2. The van der Waals surface area contributed by atoms with E-state index in [0.29, 0.717) is 41.7 Å². The first-order chi connectivity index (χ1) is 14.4. The number of carbonyl (C=O) groups is 1. The lowest BCUT2D eigenvalue weighted by molar-refractivity contribution is 0.102. The molecule has 0 bridgehead atoms. The summed E-state index contributed by atoms with van der Waals surface area (Å²) in [5, 5.41) is 3.76. The summed E-state index contributed by atoms with van der Waals surface area (Å²) in [4.78, 5) is 17.9. The summed E-state index contributed by atoms with van der Waals surface area (Å²) in [7, 11) is -3.70. The van der Waals surface area contributed by atoms with Crippen molar-refractivity contribution in [1.82, 2.24) is 9.29 Å². The molecule has 0 radical (unpaired) electrons. The molecule has 30 heavy (non-hydrogen) atoms. The van der Waals surface area contributed by atoms with Gasteiger partial charge in [0.05, 0.1) is 17.3 Å². The molecule has 0 unspecified atom stereocenters. The summed E-state index contributed by atoms with van der Waals surface area (Å²) in [6.45, 7) is 7.06. The van der Waals surface area contributed by atoms with Crippen molar-refractivity contribution in [3.05, 3.63) is 33.8 Å². The number of sulfonamides is 1. The van der Waals surface area contributed by atoms with Gasteiger partial charge in [-0.25, -0.2) is 13.4 Å². The molecule has 1 aromatic heterocycles. The lowest BCUT2D eigenvalue weighted by Gasteiger charge is -2.27. The van der Waals surface area contributed by atoms with Crippen LogP contribution >= 0.6 is 11.3 Å². The molecule has 2 aromatic rings. The predicted molar refractivity (Wildman–Crippen MR) is 119 cm³/mol. The molecule has 1 aliphatic rings. The average molecular weight is 452 g/mol. The van der Waals surface area contributed by atoms with Gasteiger partial charge in [0.2, 0.25) is 10.0 Å². The molecule has 1 aromatic carbocycles. The number of rotatable bonds is 8. The molecule has 1 aliphatic heterocycles. The van der Waals surface area contributed by atoms with Crippen LogP contribution in [0.4, 0.5) is 5.69 Å². The minimum absolute atomic E-state index is 0.0942. The Morgan fingerprint density at radius 2 is 1.97 bits per heavy atom. The fraction of sp³-hybridized carbons (Fsp3) is 0.524. The van der Waals surface area contributed by atoms with Gasteiger partial charge in [-0.15, -0.1) is 11.3 Å². The Bertz CT molecular complexity index is 996. The van der Waals surface area contributed by atoms with E-state index in [2.05, 4.69) is 17.2 Å². The first-order valence-electron chi connectivity index (χ1n) is 10.4. The van der Waals surface area contributed by atoms with Crippen molar-refractivity contribution < 1.29 is 17.9 Å². The number of hydrogen-bond acceptors (Lipinski definition) is 6. The number of nitrogens with one attached hydrogen (secondary N) is 1.